The molecule has 11 nitrogen and oxygen atoms in total. The fraction of sp³-hybridized carbons (Fsp3) is 0.280. The summed E-state index contributed by atoms with van der Waals surface area (Å²) in [5.41, 5.74) is -0.399. The molecule has 0 aliphatic carbocycles. The SMILES string of the molecule is C=CC(=O)Nc1cc(OC)ccc1Nc1nc(Nc2cc(OC)nc(N(C)CCOC)c2)ncc1C(F)(F)F. The summed E-state index contributed by atoms with van der Waals surface area (Å²) in [5.74, 6) is -0.0678. The molecule has 0 aliphatic rings. The van der Waals surface area contributed by atoms with Crippen LogP contribution in [-0.2, 0) is 15.7 Å². The second-order valence-electron chi connectivity index (χ2n) is 7.98. The number of carbonyl (C=O) groups is 1. The monoisotopic (exact) mass is 547 g/mol. The topological polar surface area (TPSA) is 123 Å². The highest BCUT2D eigenvalue weighted by Crippen LogP contribution is 2.37. The lowest BCUT2D eigenvalue weighted by Crippen LogP contribution is -2.23. The average Bonchev–Trinajstić information content (AvgIpc) is 2.91. The van der Waals surface area contributed by atoms with E-state index < -0.39 is 23.5 Å². The van der Waals surface area contributed by atoms with Gasteiger partial charge in [-0.3, -0.25) is 4.79 Å². The van der Waals surface area contributed by atoms with E-state index >= 15 is 0 Å². The fourth-order valence-corrected chi connectivity index (χ4v) is 3.25. The van der Waals surface area contributed by atoms with Gasteiger partial charge in [0, 0.05) is 50.8 Å². The van der Waals surface area contributed by atoms with Crippen molar-refractivity contribution in [2.24, 2.45) is 0 Å². The van der Waals surface area contributed by atoms with Crippen LogP contribution in [0.25, 0.3) is 0 Å². The summed E-state index contributed by atoms with van der Waals surface area (Å²) >= 11 is 0. The summed E-state index contributed by atoms with van der Waals surface area (Å²) in [4.78, 5) is 26.0. The average molecular weight is 548 g/mol. The van der Waals surface area contributed by atoms with E-state index in [2.05, 4.69) is 37.5 Å². The highest BCUT2D eigenvalue weighted by molar-refractivity contribution is 6.01. The molecule has 0 bridgehead atoms. The Morgan fingerprint density at radius 3 is 2.49 bits per heavy atom. The number of aromatic nitrogens is 3. The molecule has 2 heterocycles. The quantitative estimate of drug-likeness (QED) is 0.277. The molecule has 0 atom stereocenters. The van der Waals surface area contributed by atoms with Gasteiger partial charge in [-0.05, 0) is 18.2 Å². The molecular formula is C25H28F3N7O4. The molecule has 0 unspecified atom stereocenters. The minimum absolute atomic E-state index is 0.130. The summed E-state index contributed by atoms with van der Waals surface area (Å²) < 4.78 is 57.1. The molecule has 0 spiro atoms. The lowest BCUT2D eigenvalue weighted by molar-refractivity contribution is -0.137. The molecule has 14 heteroatoms. The first-order chi connectivity index (χ1) is 18.6. The van der Waals surface area contributed by atoms with Gasteiger partial charge in [0.15, 0.2) is 0 Å². The van der Waals surface area contributed by atoms with Crippen molar-refractivity contribution in [1.82, 2.24) is 15.0 Å². The first kappa shape index (κ1) is 29.0. The Morgan fingerprint density at radius 2 is 1.85 bits per heavy atom. The maximum Gasteiger partial charge on any atom is 0.421 e. The number of amides is 1. The zero-order valence-electron chi connectivity index (χ0n) is 21.7. The van der Waals surface area contributed by atoms with Crippen molar-refractivity contribution >= 4 is 40.6 Å². The van der Waals surface area contributed by atoms with Gasteiger partial charge >= 0.3 is 6.18 Å². The number of ether oxygens (including phenoxy) is 3. The Balaban J connectivity index is 2.00. The van der Waals surface area contributed by atoms with E-state index in [1.54, 1.807) is 26.3 Å². The van der Waals surface area contributed by atoms with E-state index in [1.807, 2.05) is 4.90 Å². The van der Waals surface area contributed by atoms with Crippen LogP contribution < -0.4 is 30.3 Å². The maximum absolute atomic E-state index is 13.9. The van der Waals surface area contributed by atoms with Gasteiger partial charge < -0.3 is 35.1 Å². The number of anilines is 6. The normalized spacial score (nSPS) is 10.9. The Bertz CT molecular complexity index is 1320. The summed E-state index contributed by atoms with van der Waals surface area (Å²) in [5, 5.41) is 8.09. The van der Waals surface area contributed by atoms with E-state index in [-0.39, 0.29) is 23.2 Å². The Labute approximate surface area is 223 Å². The summed E-state index contributed by atoms with van der Waals surface area (Å²) in [6.07, 6.45) is -3.08. The van der Waals surface area contributed by atoms with Crippen LogP contribution in [0.3, 0.4) is 0 Å². The number of methoxy groups -OCH3 is 3. The number of nitrogens with zero attached hydrogens (tertiary/aromatic N) is 4. The Morgan fingerprint density at radius 1 is 1.08 bits per heavy atom. The summed E-state index contributed by atoms with van der Waals surface area (Å²) in [6, 6.07) is 7.63. The number of hydrogen-bond donors (Lipinski definition) is 3. The van der Waals surface area contributed by atoms with E-state index in [0.29, 0.717) is 36.6 Å². The maximum atomic E-state index is 13.9. The first-order valence-electron chi connectivity index (χ1n) is 11.4. The molecule has 1 amide bonds. The Kier molecular flexibility index (Phi) is 9.49. The van der Waals surface area contributed by atoms with Crippen molar-refractivity contribution < 1.29 is 32.2 Å². The first-order valence-corrected chi connectivity index (χ1v) is 11.4. The third kappa shape index (κ3) is 7.70. The molecule has 0 radical (unpaired) electrons. The van der Waals surface area contributed by atoms with Crippen LogP contribution in [0.2, 0.25) is 0 Å². The molecule has 0 fully saturated rings. The second kappa shape index (κ2) is 12.8. The fourth-order valence-electron chi connectivity index (χ4n) is 3.25. The molecule has 208 valence electrons. The van der Waals surface area contributed by atoms with E-state index in [4.69, 9.17) is 14.2 Å². The van der Waals surface area contributed by atoms with Gasteiger partial charge in [-0.1, -0.05) is 6.58 Å². The third-order valence-electron chi connectivity index (χ3n) is 5.29. The van der Waals surface area contributed by atoms with Crippen LogP contribution >= 0.6 is 0 Å². The number of halogens is 3. The molecule has 0 saturated carbocycles. The number of likely N-dealkylation sites (N-methyl/N-ethyl adjacent to an activating group) is 1. The predicted octanol–water partition coefficient (Wildman–Crippen LogP) is 4.60. The van der Waals surface area contributed by atoms with Gasteiger partial charge in [-0.2, -0.15) is 23.1 Å². The number of benzene rings is 1. The molecule has 2 aromatic heterocycles. The van der Waals surface area contributed by atoms with Crippen molar-refractivity contribution in [2.45, 2.75) is 6.18 Å². The van der Waals surface area contributed by atoms with Crippen molar-refractivity contribution in [3.8, 4) is 11.6 Å². The molecule has 3 aromatic rings. The molecule has 39 heavy (non-hydrogen) atoms. The standard InChI is InChI=1S/C25H28F3N7O4/c1-6-21(36)31-19-13-16(38-4)7-8-18(19)32-23-17(25(26,27)28)14-29-24(34-23)30-15-11-20(33-22(12-15)39-5)35(2)9-10-37-3/h6-8,11-14H,1,9-10H2,2-5H3,(H,31,36)(H2,29,30,32,33,34). The third-order valence-corrected chi connectivity index (χ3v) is 5.29. The van der Waals surface area contributed by atoms with Crippen LogP contribution in [-0.4, -0.2) is 62.4 Å². The van der Waals surface area contributed by atoms with Crippen LogP contribution in [0, 0.1) is 0 Å². The predicted molar refractivity (Wildman–Crippen MR) is 141 cm³/mol. The van der Waals surface area contributed by atoms with Gasteiger partial charge in [0.25, 0.3) is 0 Å². The van der Waals surface area contributed by atoms with Gasteiger partial charge in [-0.25, -0.2) is 4.98 Å². The van der Waals surface area contributed by atoms with Crippen molar-refractivity contribution in [2.75, 3.05) is 62.4 Å². The number of carbonyl (C=O) groups excluding carboxylic acids is 1. The number of rotatable bonds is 12. The zero-order chi connectivity index (χ0) is 28.6. The Hall–Kier alpha value is -4.59. The van der Waals surface area contributed by atoms with E-state index in [1.165, 1.54) is 32.4 Å². The lowest BCUT2D eigenvalue weighted by Gasteiger charge is -2.20. The van der Waals surface area contributed by atoms with Gasteiger partial charge in [0.2, 0.25) is 17.7 Å². The van der Waals surface area contributed by atoms with Gasteiger partial charge in [-0.15, -0.1) is 0 Å². The molecule has 1 aromatic carbocycles. The van der Waals surface area contributed by atoms with Crippen LogP contribution in [0.5, 0.6) is 11.6 Å². The zero-order valence-corrected chi connectivity index (χ0v) is 21.7. The molecule has 0 aliphatic heterocycles. The second-order valence-corrected chi connectivity index (χ2v) is 7.98. The highest BCUT2D eigenvalue weighted by Gasteiger charge is 2.35. The van der Waals surface area contributed by atoms with Gasteiger partial charge in [0.05, 0.1) is 32.2 Å². The van der Waals surface area contributed by atoms with E-state index in [0.717, 1.165) is 6.08 Å². The number of alkyl halides is 3. The molecular weight excluding hydrogens is 519 g/mol. The van der Waals surface area contributed by atoms with Crippen molar-refractivity contribution in [1.29, 1.82) is 0 Å². The van der Waals surface area contributed by atoms with Crippen LogP contribution in [0.4, 0.5) is 47.8 Å². The summed E-state index contributed by atoms with van der Waals surface area (Å²) in [7, 11) is 6.24. The molecule has 3 N–H and O–H groups in total. The number of nitrogens with one attached hydrogen (secondary N) is 3. The summed E-state index contributed by atoms with van der Waals surface area (Å²) in [6.45, 7) is 4.38. The molecule has 0 saturated heterocycles. The van der Waals surface area contributed by atoms with Gasteiger partial charge in [0.1, 0.15) is 22.9 Å². The van der Waals surface area contributed by atoms with Crippen LogP contribution in [0.15, 0.2) is 49.2 Å². The minimum Gasteiger partial charge on any atom is -0.497 e. The minimum atomic E-state index is -4.77. The number of pyridine rings is 1. The smallest absolute Gasteiger partial charge is 0.421 e. The largest absolute Gasteiger partial charge is 0.497 e. The van der Waals surface area contributed by atoms with E-state index in [9.17, 15) is 18.0 Å². The van der Waals surface area contributed by atoms with Crippen LogP contribution in [0.1, 0.15) is 5.56 Å². The van der Waals surface area contributed by atoms with Crippen molar-refractivity contribution in [3.05, 3.63) is 54.7 Å². The van der Waals surface area contributed by atoms with Crippen molar-refractivity contribution in [3.63, 3.8) is 0 Å². The lowest BCUT2D eigenvalue weighted by atomic mass is 10.2. The highest BCUT2D eigenvalue weighted by atomic mass is 19.4. The molecule has 3 rings (SSSR count). The number of hydrogen-bond acceptors (Lipinski definition) is 10.